The molecule has 4 heterocycles. The Balaban J connectivity index is 1.54. The monoisotopic (exact) mass is 608 g/mol. The predicted molar refractivity (Wildman–Crippen MR) is 147 cm³/mol. The van der Waals surface area contributed by atoms with Gasteiger partial charge in [0, 0.05) is 40.4 Å². The van der Waals surface area contributed by atoms with E-state index in [1.54, 1.807) is 18.5 Å². The standard InChI is InChI=1S/C27H30ClFN4O7S/c1-3-40-20(34)10-27(37)9-15-12-39-13-19(23(27)35)33(15)11-18-21(26(36)38-2)22(16-5-4-14(29)8-17(16)28)32-24(31-18)25-30-6-7-41-25/h4-8,15,19,22-23,35,37H,3,9-13H2,1-2H3,(H,31,32)/t15?,19?,22-,23?,27?/m0/s1. The van der Waals surface area contributed by atoms with Crippen molar-refractivity contribution in [2.24, 2.45) is 4.99 Å². The molecule has 220 valence electrons. The van der Waals surface area contributed by atoms with Gasteiger partial charge in [-0.1, -0.05) is 17.7 Å². The van der Waals surface area contributed by atoms with Gasteiger partial charge in [-0.05, 0) is 25.5 Å². The van der Waals surface area contributed by atoms with Crippen molar-refractivity contribution >= 4 is 40.7 Å². The molecule has 1 aromatic carbocycles. The van der Waals surface area contributed by atoms with Crippen LogP contribution in [0.5, 0.6) is 0 Å². The largest absolute Gasteiger partial charge is 0.466 e. The van der Waals surface area contributed by atoms with Gasteiger partial charge in [0.2, 0.25) is 0 Å². The molecule has 5 rings (SSSR count). The fraction of sp³-hybridized carbons (Fsp3) is 0.481. The number of piperidine rings is 1. The van der Waals surface area contributed by atoms with Crippen molar-refractivity contribution in [3.8, 4) is 0 Å². The van der Waals surface area contributed by atoms with E-state index in [0.29, 0.717) is 22.1 Å². The van der Waals surface area contributed by atoms with Gasteiger partial charge in [0.1, 0.15) is 23.6 Å². The molecule has 0 saturated carbocycles. The Kier molecular flexibility index (Phi) is 8.73. The number of hydrogen-bond donors (Lipinski definition) is 3. The number of carbonyl (C=O) groups excluding carboxylic acids is 2. The highest BCUT2D eigenvalue weighted by molar-refractivity contribution is 7.11. The van der Waals surface area contributed by atoms with E-state index in [1.807, 2.05) is 4.90 Å². The van der Waals surface area contributed by atoms with Crippen LogP contribution in [0.2, 0.25) is 5.02 Å². The lowest BCUT2D eigenvalue weighted by Crippen LogP contribution is -2.70. The minimum absolute atomic E-state index is 0.0327. The van der Waals surface area contributed by atoms with Gasteiger partial charge in [0.15, 0.2) is 10.8 Å². The third-order valence-corrected chi connectivity index (χ3v) is 8.62. The van der Waals surface area contributed by atoms with Gasteiger partial charge in [-0.15, -0.1) is 11.3 Å². The van der Waals surface area contributed by atoms with E-state index in [4.69, 9.17) is 30.8 Å². The normalized spacial score (nSPS) is 28.1. The third kappa shape index (κ3) is 5.87. The number of benzene rings is 1. The number of morpholine rings is 1. The predicted octanol–water partition coefficient (Wildman–Crippen LogP) is 1.97. The molecule has 0 radical (unpaired) electrons. The molecule has 2 fully saturated rings. The quantitative estimate of drug-likeness (QED) is 0.381. The molecule has 3 N–H and O–H groups in total. The van der Waals surface area contributed by atoms with E-state index in [1.165, 1.54) is 30.6 Å². The molecule has 0 amide bonds. The first kappa shape index (κ1) is 29.5. The number of amidine groups is 1. The summed E-state index contributed by atoms with van der Waals surface area (Å²) in [7, 11) is 1.25. The summed E-state index contributed by atoms with van der Waals surface area (Å²) in [6.07, 6.45) is -0.0476. The molecular weight excluding hydrogens is 579 g/mol. The molecule has 3 aliphatic rings. The topological polar surface area (TPSA) is 143 Å². The van der Waals surface area contributed by atoms with E-state index in [2.05, 4.69) is 10.3 Å². The number of nitrogens with zero attached hydrogens (tertiary/aromatic N) is 3. The highest BCUT2D eigenvalue weighted by atomic mass is 35.5. The summed E-state index contributed by atoms with van der Waals surface area (Å²) in [5.74, 6) is -1.43. The van der Waals surface area contributed by atoms with Crippen LogP contribution in [-0.2, 0) is 23.8 Å². The number of carbonyl (C=O) groups is 2. The second-order valence-electron chi connectivity index (χ2n) is 10.1. The summed E-state index contributed by atoms with van der Waals surface area (Å²) in [5, 5.41) is 28.3. The summed E-state index contributed by atoms with van der Waals surface area (Å²) in [6, 6.07) is 1.81. The van der Waals surface area contributed by atoms with Crippen LogP contribution in [0.4, 0.5) is 4.39 Å². The smallest absolute Gasteiger partial charge is 0.338 e. The maximum atomic E-state index is 13.9. The summed E-state index contributed by atoms with van der Waals surface area (Å²) >= 11 is 7.77. The zero-order valence-electron chi connectivity index (χ0n) is 22.4. The summed E-state index contributed by atoms with van der Waals surface area (Å²) in [4.78, 5) is 36.5. The molecule has 11 nitrogen and oxygen atoms in total. The molecular formula is C27H30ClFN4O7S. The van der Waals surface area contributed by atoms with Crippen molar-refractivity contribution < 1.29 is 38.4 Å². The number of nitrogens with one attached hydrogen (secondary N) is 1. The number of thiazole rings is 1. The molecule has 2 saturated heterocycles. The fourth-order valence-electron chi connectivity index (χ4n) is 5.66. The lowest BCUT2D eigenvalue weighted by Gasteiger charge is -2.54. The van der Waals surface area contributed by atoms with Crippen LogP contribution < -0.4 is 5.32 Å². The Bertz CT molecular complexity index is 1370. The van der Waals surface area contributed by atoms with Crippen LogP contribution in [0.3, 0.4) is 0 Å². The second-order valence-corrected chi connectivity index (χ2v) is 11.4. The molecule has 4 unspecified atom stereocenters. The molecule has 14 heteroatoms. The second kappa shape index (κ2) is 12.1. The summed E-state index contributed by atoms with van der Waals surface area (Å²) in [6.45, 7) is 2.25. The number of esters is 2. The fourth-order valence-corrected chi connectivity index (χ4v) is 6.52. The Labute approximate surface area is 244 Å². The first-order valence-electron chi connectivity index (χ1n) is 13.1. The van der Waals surface area contributed by atoms with Crippen LogP contribution in [0.1, 0.15) is 36.4 Å². The Morgan fingerprint density at radius 3 is 2.85 bits per heavy atom. The maximum absolute atomic E-state index is 13.9. The Hall–Kier alpha value is -2.94. The number of hydrogen-bond acceptors (Lipinski definition) is 12. The average molecular weight is 609 g/mol. The van der Waals surface area contributed by atoms with Crippen LogP contribution in [-0.4, -0.2) is 95.1 Å². The highest BCUT2D eigenvalue weighted by Crippen LogP contribution is 2.40. The Morgan fingerprint density at radius 2 is 2.17 bits per heavy atom. The van der Waals surface area contributed by atoms with Gasteiger partial charge >= 0.3 is 11.9 Å². The zero-order valence-corrected chi connectivity index (χ0v) is 24.0. The van der Waals surface area contributed by atoms with Gasteiger partial charge in [0.25, 0.3) is 0 Å². The lowest BCUT2D eigenvalue weighted by atomic mass is 9.76. The van der Waals surface area contributed by atoms with E-state index >= 15 is 0 Å². The maximum Gasteiger partial charge on any atom is 0.338 e. The Morgan fingerprint density at radius 1 is 1.37 bits per heavy atom. The molecule has 5 atom stereocenters. The zero-order chi connectivity index (χ0) is 29.3. The minimum atomic E-state index is -1.71. The van der Waals surface area contributed by atoms with Crippen LogP contribution in [0.15, 0.2) is 46.0 Å². The van der Waals surface area contributed by atoms with Gasteiger partial charge < -0.3 is 29.7 Å². The van der Waals surface area contributed by atoms with Crippen molar-refractivity contribution in [3.05, 3.63) is 62.5 Å². The first-order chi connectivity index (χ1) is 19.6. The first-order valence-corrected chi connectivity index (χ1v) is 14.3. The van der Waals surface area contributed by atoms with Crippen LogP contribution in [0, 0.1) is 5.82 Å². The van der Waals surface area contributed by atoms with E-state index < -0.39 is 47.6 Å². The molecule has 41 heavy (non-hydrogen) atoms. The number of aromatic nitrogens is 1. The number of aliphatic hydroxyl groups is 2. The third-order valence-electron chi connectivity index (χ3n) is 7.52. The van der Waals surface area contributed by atoms with Gasteiger partial charge in [0.05, 0.1) is 45.0 Å². The van der Waals surface area contributed by atoms with E-state index in [9.17, 15) is 24.2 Å². The number of methoxy groups -OCH3 is 1. The van der Waals surface area contributed by atoms with Crippen molar-refractivity contribution in [3.63, 3.8) is 0 Å². The molecule has 1 aromatic heterocycles. The van der Waals surface area contributed by atoms with Gasteiger partial charge in [-0.2, -0.15) is 0 Å². The highest BCUT2D eigenvalue weighted by Gasteiger charge is 2.54. The molecule has 2 bridgehead atoms. The number of ether oxygens (including phenoxy) is 3. The lowest BCUT2D eigenvalue weighted by molar-refractivity contribution is -0.211. The number of halogens is 2. The number of aliphatic hydroxyl groups excluding tert-OH is 1. The minimum Gasteiger partial charge on any atom is -0.466 e. The van der Waals surface area contributed by atoms with Crippen LogP contribution >= 0.6 is 22.9 Å². The number of rotatable bonds is 8. The van der Waals surface area contributed by atoms with Crippen molar-refractivity contribution in [1.29, 1.82) is 0 Å². The molecule has 3 aliphatic heterocycles. The summed E-state index contributed by atoms with van der Waals surface area (Å²) in [5.41, 5.74) is -0.740. The SMILES string of the molecule is CCOC(=O)CC1(O)CC2COCC(C1O)N2CC1=C(C(=O)OC)[C@H](c2ccc(F)cc2Cl)N=C(c2nccs2)N1. The number of aliphatic imine (C=N–C) groups is 1. The van der Waals surface area contributed by atoms with Crippen LogP contribution in [0.25, 0.3) is 0 Å². The average Bonchev–Trinajstić information content (AvgIpc) is 3.47. The van der Waals surface area contributed by atoms with E-state index in [-0.39, 0.29) is 49.8 Å². The van der Waals surface area contributed by atoms with Gasteiger partial charge in [-0.25, -0.2) is 14.2 Å². The summed E-state index contributed by atoms with van der Waals surface area (Å²) < 4.78 is 29.8. The van der Waals surface area contributed by atoms with Crippen molar-refractivity contribution in [2.45, 2.75) is 49.6 Å². The van der Waals surface area contributed by atoms with Crippen molar-refractivity contribution in [2.75, 3.05) is 33.5 Å². The molecule has 2 aromatic rings. The van der Waals surface area contributed by atoms with Gasteiger partial charge in [-0.3, -0.25) is 14.7 Å². The van der Waals surface area contributed by atoms with E-state index in [0.717, 1.165) is 6.07 Å². The number of fused-ring (bicyclic) bond motifs is 2. The molecule has 0 spiro atoms. The molecule has 0 aliphatic carbocycles. The van der Waals surface area contributed by atoms with Crippen molar-refractivity contribution in [1.82, 2.24) is 15.2 Å².